The molecule has 0 spiro atoms. The molecule has 0 saturated heterocycles. The van der Waals surface area contributed by atoms with Crippen molar-refractivity contribution in [1.82, 2.24) is 0 Å². The second kappa shape index (κ2) is 6.36. The molecule has 98 valence electrons. The number of esters is 1. The van der Waals surface area contributed by atoms with Gasteiger partial charge in [-0.3, -0.25) is 0 Å². The molecule has 1 aromatic rings. The molecule has 0 fully saturated rings. The maximum absolute atomic E-state index is 11.6. The number of rotatable bonds is 5. The fourth-order valence-electron chi connectivity index (χ4n) is 1.83. The Bertz CT molecular complexity index is 450. The van der Waals surface area contributed by atoms with Crippen LogP contribution in [0.2, 0.25) is 0 Å². The lowest BCUT2D eigenvalue weighted by Gasteiger charge is -2.15. The van der Waals surface area contributed by atoms with Crippen LogP contribution in [0, 0.1) is 13.8 Å². The van der Waals surface area contributed by atoms with Crippen LogP contribution in [0.3, 0.4) is 0 Å². The van der Waals surface area contributed by atoms with E-state index in [1.165, 1.54) is 0 Å². The molecule has 2 N–H and O–H groups in total. The fraction of sp³-hybridized carbons (Fsp3) is 0.400. The maximum atomic E-state index is 11.6. The first-order chi connectivity index (χ1) is 8.45. The number of hydrogen-bond donors (Lipinski definition) is 1. The van der Waals surface area contributed by atoms with E-state index in [0.717, 1.165) is 29.5 Å². The van der Waals surface area contributed by atoms with E-state index in [-0.39, 0.29) is 0 Å². The normalized spacial score (nSPS) is 12.0. The Morgan fingerprint density at radius 1 is 1.50 bits per heavy atom. The quantitative estimate of drug-likeness (QED) is 0.494. The van der Waals surface area contributed by atoms with Crippen molar-refractivity contribution in [2.75, 3.05) is 0 Å². The number of ether oxygens (including phenoxy) is 1. The SMILES string of the molecule is C=CCCc1cc(C)cc(C)c1OC(=O)[C@H](C)N. The summed E-state index contributed by atoms with van der Waals surface area (Å²) in [6.07, 6.45) is 3.52. The highest BCUT2D eigenvalue weighted by molar-refractivity contribution is 5.78. The minimum Gasteiger partial charge on any atom is -0.425 e. The van der Waals surface area contributed by atoms with Crippen LogP contribution in [-0.4, -0.2) is 12.0 Å². The van der Waals surface area contributed by atoms with Crippen molar-refractivity contribution >= 4 is 5.97 Å². The van der Waals surface area contributed by atoms with Gasteiger partial charge in [0.05, 0.1) is 0 Å². The van der Waals surface area contributed by atoms with Gasteiger partial charge in [-0.25, -0.2) is 4.79 Å². The van der Waals surface area contributed by atoms with Gasteiger partial charge in [-0.2, -0.15) is 0 Å². The summed E-state index contributed by atoms with van der Waals surface area (Å²) in [6, 6.07) is 3.43. The van der Waals surface area contributed by atoms with Gasteiger partial charge in [-0.1, -0.05) is 23.8 Å². The largest absolute Gasteiger partial charge is 0.425 e. The lowest BCUT2D eigenvalue weighted by Crippen LogP contribution is -2.31. The van der Waals surface area contributed by atoms with Crippen LogP contribution >= 0.6 is 0 Å². The number of hydrogen-bond acceptors (Lipinski definition) is 3. The predicted octanol–water partition coefficient (Wildman–Crippen LogP) is 2.67. The molecular formula is C15H21NO2. The summed E-state index contributed by atoms with van der Waals surface area (Å²) in [7, 11) is 0. The third-order valence-electron chi connectivity index (χ3n) is 2.69. The molecule has 0 aromatic heterocycles. The van der Waals surface area contributed by atoms with Gasteiger partial charge < -0.3 is 10.5 Å². The first-order valence-corrected chi connectivity index (χ1v) is 6.14. The van der Waals surface area contributed by atoms with E-state index in [4.69, 9.17) is 10.5 Å². The molecule has 0 saturated carbocycles. The second-order valence-electron chi connectivity index (χ2n) is 4.61. The first-order valence-electron chi connectivity index (χ1n) is 6.14. The van der Waals surface area contributed by atoms with Crippen LogP contribution in [0.4, 0.5) is 0 Å². The van der Waals surface area contributed by atoms with E-state index in [0.29, 0.717) is 5.75 Å². The zero-order valence-corrected chi connectivity index (χ0v) is 11.3. The zero-order valence-electron chi connectivity index (χ0n) is 11.3. The van der Waals surface area contributed by atoms with Crippen molar-refractivity contribution in [2.45, 2.75) is 39.7 Å². The Hall–Kier alpha value is -1.61. The fourth-order valence-corrected chi connectivity index (χ4v) is 1.83. The Labute approximate surface area is 109 Å². The molecule has 1 rings (SSSR count). The molecule has 18 heavy (non-hydrogen) atoms. The number of benzene rings is 1. The van der Waals surface area contributed by atoms with Gasteiger partial charge in [0, 0.05) is 0 Å². The minimum absolute atomic E-state index is 0.401. The number of aryl methyl sites for hydroxylation is 3. The number of nitrogens with two attached hydrogens (primary N) is 1. The van der Waals surface area contributed by atoms with E-state index >= 15 is 0 Å². The molecule has 0 radical (unpaired) electrons. The summed E-state index contributed by atoms with van der Waals surface area (Å²) in [5.41, 5.74) is 8.67. The number of carbonyl (C=O) groups excluding carboxylic acids is 1. The monoisotopic (exact) mass is 247 g/mol. The van der Waals surface area contributed by atoms with Crippen molar-refractivity contribution in [1.29, 1.82) is 0 Å². The highest BCUT2D eigenvalue weighted by Gasteiger charge is 2.15. The van der Waals surface area contributed by atoms with E-state index < -0.39 is 12.0 Å². The highest BCUT2D eigenvalue weighted by atomic mass is 16.5. The van der Waals surface area contributed by atoms with Gasteiger partial charge >= 0.3 is 5.97 Å². The molecule has 0 aliphatic rings. The average Bonchev–Trinajstić information content (AvgIpc) is 2.29. The van der Waals surface area contributed by atoms with Crippen LogP contribution in [0.15, 0.2) is 24.8 Å². The zero-order chi connectivity index (χ0) is 13.7. The standard InChI is InChI=1S/C15H21NO2/c1-5-6-7-13-9-10(2)8-11(3)14(13)18-15(17)12(4)16/h5,8-9,12H,1,6-7,16H2,2-4H3/t12-/m0/s1. The molecule has 0 aliphatic carbocycles. The highest BCUT2D eigenvalue weighted by Crippen LogP contribution is 2.27. The average molecular weight is 247 g/mol. The molecule has 3 nitrogen and oxygen atoms in total. The molecule has 0 heterocycles. The Kier molecular flexibility index (Phi) is 5.10. The molecule has 0 unspecified atom stereocenters. The van der Waals surface area contributed by atoms with E-state index in [2.05, 4.69) is 6.58 Å². The lowest BCUT2D eigenvalue weighted by atomic mass is 10.0. The van der Waals surface area contributed by atoms with Crippen LogP contribution in [0.1, 0.15) is 30.0 Å². The smallest absolute Gasteiger partial charge is 0.328 e. The van der Waals surface area contributed by atoms with Crippen molar-refractivity contribution < 1.29 is 9.53 Å². The third-order valence-corrected chi connectivity index (χ3v) is 2.69. The van der Waals surface area contributed by atoms with Crippen molar-refractivity contribution in [3.05, 3.63) is 41.5 Å². The van der Waals surface area contributed by atoms with E-state index in [9.17, 15) is 4.79 Å². The Morgan fingerprint density at radius 3 is 2.72 bits per heavy atom. The first kappa shape index (κ1) is 14.5. The Balaban J connectivity index is 3.06. The van der Waals surface area contributed by atoms with Gasteiger partial charge in [0.25, 0.3) is 0 Å². The van der Waals surface area contributed by atoms with Crippen molar-refractivity contribution in [2.24, 2.45) is 5.73 Å². The summed E-state index contributed by atoms with van der Waals surface area (Å²) in [6.45, 7) is 9.30. The van der Waals surface area contributed by atoms with E-state index in [1.54, 1.807) is 6.92 Å². The molecule has 1 aromatic carbocycles. The maximum Gasteiger partial charge on any atom is 0.328 e. The van der Waals surface area contributed by atoms with Crippen molar-refractivity contribution in [3.63, 3.8) is 0 Å². The van der Waals surface area contributed by atoms with Crippen LogP contribution < -0.4 is 10.5 Å². The molecule has 3 heteroatoms. The number of allylic oxidation sites excluding steroid dienone is 1. The van der Waals surface area contributed by atoms with Gasteiger partial charge in [-0.15, -0.1) is 6.58 Å². The van der Waals surface area contributed by atoms with Crippen LogP contribution in [-0.2, 0) is 11.2 Å². The minimum atomic E-state index is -0.613. The molecule has 0 amide bonds. The van der Waals surface area contributed by atoms with Crippen molar-refractivity contribution in [3.8, 4) is 5.75 Å². The van der Waals surface area contributed by atoms with E-state index in [1.807, 2.05) is 32.1 Å². The van der Waals surface area contributed by atoms with Gasteiger partial charge in [0.15, 0.2) is 0 Å². The molecular weight excluding hydrogens is 226 g/mol. The summed E-state index contributed by atoms with van der Waals surface area (Å²) in [5.74, 6) is 0.242. The van der Waals surface area contributed by atoms with Crippen LogP contribution in [0.5, 0.6) is 5.75 Å². The van der Waals surface area contributed by atoms with Gasteiger partial charge in [0.2, 0.25) is 0 Å². The molecule has 0 bridgehead atoms. The third kappa shape index (κ3) is 3.70. The molecule has 1 atom stereocenters. The van der Waals surface area contributed by atoms with Gasteiger partial charge in [0.1, 0.15) is 11.8 Å². The number of carbonyl (C=O) groups is 1. The van der Waals surface area contributed by atoms with Gasteiger partial charge in [-0.05, 0) is 44.7 Å². The predicted molar refractivity (Wildman–Crippen MR) is 73.7 cm³/mol. The summed E-state index contributed by atoms with van der Waals surface area (Å²) in [5, 5.41) is 0. The topological polar surface area (TPSA) is 52.3 Å². The summed E-state index contributed by atoms with van der Waals surface area (Å²) < 4.78 is 5.39. The lowest BCUT2D eigenvalue weighted by molar-refractivity contribution is -0.135. The molecule has 0 aliphatic heterocycles. The summed E-state index contributed by atoms with van der Waals surface area (Å²) >= 11 is 0. The Morgan fingerprint density at radius 2 is 2.17 bits per heavy atom. The second-order valence-corrected chi connectivity index (χ2v) is 4.61. The van der Waals surface area contributed by atoms with Crippen LogP contribution in [0.25, 0.3) is 0 Å². The summed E-state index contributed by atoms with van der Waals surface area (Å²) in [4.78, 5) is 11.6.